The van der Waals surface area contributed by atoms with Crippen LogP contribution in [0.15, 0.2) is 85.2 Å². The highest BCUT2D eigenvalue weighted by Crippen LogP contribution is 2.27. The lowest BCUT2D eigenvalue weighted by Crippen LogP contribution is -2.44. The van der Waals surface area contributed by atoms with E-state index >= 15 is 0 Å². The average Bonchev–Trinajstić information content (AvgIpc) is 3.00. The van der Waals surface area contributed by atoms with Crippen molar-refractivity contribution >= 4 is 35.0 Å². The van der Waals surface area contributed by atoms with Crippen LogP contribution in [-0.4, -0.2) is 38.5 Å². The molecule has 0 bridgehead atoms. The Morgan fingerprint density at radius 2 is 1.84 bits per heavy atom. The summed E-state index contributed by atoms with van der Waals surface area (Å²) in [6, 6.07) is 19.0. The number of pyridine rings is 2. The highest BCUT2D eigenvalue weighted by atomic mass is 35.5. The molecule has 2 aromatic heterocycles. The lowest BCUT2D eigenvalue weighted by atomic mass is 9.99. The van der Waals surface area contributed by atoms with Crippen molar-refractivity contribution in [2.24, 2.45) is 0 Å². The molecule has 0 spiro atoms. The van der Waals surface area contributed by atoms with Gasteiger partial charge in [0, 0.05) is 47.4 Å². The van der Waals surface area contributed by atoms with Crippen molar-refractivity contribution in [2.45, 2.75) is 25.4 Å². The van der Waals surface area contributed by atoms with Crippen LogP contribution in [0.5, 0.6) is 0 Å². The zero-order valence-corrected chi connectivity index (χ0v) is 20.9. The van der Waals surface area contributed by atoms with E-state index in [4.69, 9.17) is 11.6 Å². The van der Waals surface area contributed by atoms with Crippen LogP contribution >= 0.6 is 11.6 Å². The number of nitrogens with zero attached hydrogens (tertiary/aromatic N) is 3. The lowest BCUT2D eigenvalue weighted by Gasteiger charge is -2.29. The van der Waals surface area contributed by atoms with Crippen molar-refractivity contribution < 1.29 is 18.8 Å². The molecule has 190 valence electrons. The molecule has 1 atom stereocenters. The number of rotatable bonds is 6. The Morgan fingerprint density at radius 1 is 1.03 bits per heavy atom. The number of fused-ring (bicyclic) bond motifs is 1. The van der Waals surface area contributed by atoms with Crippen molar-refractivity contribution in [1.82, 2.24) is 14.9 Å². The van der Waals surface area contributed by atoms with Crippen LogP contribution in [0, 0.1) is 5.82 Å². The van der Waals surface area contributed by atoms with Crippen molar-refractivity contribution in [2.75, 3.05) is 5.32 Å². The summed E-state index contributed by atoms with van der Waals surface area (Å²) in [5.74, 6) is -1.05. The minimum Gasteiger partial charge on any atom is -0.324 e. The molecule has 3 heterocycles. The number of aromatic nitrogens is 2. The minimum absolute atomic E-state index is 0.0894. The molecular weight excluding hydrogens is 507 g/mol. The number of Topliss-reactive ketones (excluding diaryl/α,β-unsaturated/α-hetero) is 1. The molecule has 9 heteroatoms. The number of hydrogen-bond acceptors (Lipinski definition) is 5. The third-order valence-corrected chi connectivity index (χ3v) is 6.57. The summed E-state index contributed by atoms with van der Waals surface area (Å²) in [4.78, 5) is 49.5. The van der Waals surface area contributed by atoms with Crippen molar-refractivity contribution in [3.05, 3.63) is 124 Å². The number of carbonyl (C=O) groups excluding carboxylic acids is 3. The number of nitrogens with one attached hydrogen (secondary N) is 1. The molecule has 0 saturated carbocycles. The SMILES string of the molecule is O=C(Nc1ccc(F)cn1)c1ccc(CN2C(=O)c3ccc(Cl)cc3CC(=O)[C@H]2Cc2ccccn2)cc1. The average molecular weight is 529 g/mol. The summed E-state index contributed by atoms with van der Waals surface area (Å²) in [6.45, 7) is 0.158. The number of benzene rings is 2. The second-order valence-electron chi connectivity index (χ2n) is 8.93. The van der Waals surface area contributed by atoms with Gasteiger partial charge in [0.1, 0.15) is 11.6 Å². The Bertz CT molecular complexity index is 1500. The van der Waals surface area contributed by atoms with E-state index in [2.05, 4.69) is 15.3 Å². The zero-order valence-electron chi connectivity index (χ0n) is 20.1. The molecular formula is C29H22ClFN4O3. The van der Waals surface area contributed by atoms with Gasteiger partial charge in [-0.2, -0.15) is 0 Å². The van der Waals surface area contributed by atoms with Gasteiger partial charge in [-0.15, -0.1) is 0 Å². The van der Waals surface area contributed by atoms with Crippen LogP contribution < -0.4 is 5.32 Å². The van der Waals surface area contributed by atoms with Gasteiger partial charge in [-0.25, -0.2) is 9.37 Å². The Morgan fingerprint density at radius 3 is 2.55 bits per heavy atom. The van der Waals surface area contributed by atoms with Gasteiger partial charge in [-0.3, -0.25) is 19.4 Å². The van der Waals surface area contributed by atoms with E-state index in [1.54, 1.807) is 59.6 Å². The normalized spacial score (nSPS) is 15.1. The first kappa shape index (κ1) is 25.2. The molecule has 1 aliphatic rings. The maximum absolute atomic E-state index is 13.7. The van der Waals surface area contributed by atoms with E-state index in [-0.39, 0.29) is 36.9 Å². The maximum atomic E-state index is 13.7. The van der Waals surface area contributed by atoms with Crippen LogP contribution in [0.1, 0.15) is 37.5 Å². The lowest BCUT2D eigenvalue weighted by molar-refractivity contribution is -0.122. The molecule has 2 amide bonds. The van der Waals surface area contributed by atoms with E-state index in [0.29, 0.717) is 27.4 Å². The fourth-order valence-corrected chi connectivity index (χ4v) is 4.61. The molecule has 4 aromatic rings. The van der Waals surface area contributed by atoms with Gasteiger partial charge >= 0.3 is 0 Å². The van der Waals surface area contributed by atoms with Crippen molar-refractivity contribution in [1.29, 1.82) is 0 Å². The van der Waals surface area contributed by atoms with Gasteiger partial charge in [0.15, 0.2) is 5.78 Å². The standard InChI is InChI=1S/C29H22ClFN4O3/c30-21-8-10-24-20(13-21)14-26(36)25(15-23-3-1-2-12-32-23)35(29(24)38)17-18-4-6-19(7-5-18)28(37)34-27-11-9-22(31)16-33-27/h1-13,16,25H,14-15,17H2,(H,33,34,37)/t25-/m1/s1. The fraction of sp³-hybridized carbons (Fsp3) is 0.138. The fourth-order valence-electron chi connectivity index (χ4n) is 4.41. The Kier molecular flexibility index (Phi) is 7.24. The van der Waals surface area contributed by atoms with E-state index in [1.165, 1.54) is 12.1 Å². The van der Waals surface area contributed by atoms with Crippen LogP contribution in [0.2, 0.25) is 5.02 Å². The largest absolute Gasteiger partial charge is 0.324 e. The van der Waals surface area contributed by atoms with E-state index < -0.39 is 17.8 Å². The quantitative estimate of drug-likeness (QED) is 0.384. The number of hydrogen-bond donors (Lipinski definition) is 1. The molecule has 0 fully saturated rings. The number of ketones is 1. The summed E-state index contributed by atoms with van der Waals surface area (Å²) in [7, 11) is 0. The van der Waals surface area contributed by atoms with Crippen LogP contribution in [0.3, 0.4) is 0 Å². The topological polar surface area (TPSA) is 92.3 Å². The minimum atomic E-state index is -0.726. The molecule has 0 saturated heterocycles. The van der Waals surface area contributed by atoms with Gasteiger partial charge in [0.05, 0.1) is 12.2 Å². The third kappa shape index (κ3) is 5.60. The molecule has 1 aliphatic heterocycles. The summed E-state index contributed by atoms with van der Waals surface area (Å²) < 4.78 is 13.1. The molecule has 0 radical (unpaired) electrons. The van der Waals surface area contributed by atoms with Gasteiger partial charge in [0.2, 0.25) is 0 Å². The van der Waals surface area contributed by atoms with E-state index in [1.807, 2.05) is 12.1 Å². The maximum Gasteiger partial charge on any atom is 0.256 e. The van der Waals surface area contributed by atoms with Crippen molar-refractivity contribution in [3.63, 3.8) is 0 Å². The Balaban J connectivity index is 1.40. The number of amides is 2. The monoisotopic (exact) mass is 528 g/mol. The smallest absolute Gasteiger partial charge is 0.256 e. The number of halogens is 2. The third-order valence-electron chi connectivity index (χ3n) is 6.34. The second-order valence-corrected chi connectivity index (χ2v) is 9.37. The number of carbonyl (C=O) groups is 3. The van der Waals surface area contributed by atoms with Crippen LogP contribution in [-0.2, 0) is 24.2 Å². The first-order valence-electron chi connectivity index (χ1n) is 11.9. The molecule has 38 heavy (non-hydrogen) atoms. The highest BCUT2D eigenvalue weighted by molar-refractivity contribution is 6.30. The Labute approximate surface area is 223 Å². The summed E-state index contributed by atoms with van der Waals surface area (Å²) in [6.07, 6.45) is 3.04. The summed E-state index contributed by atoms with van der Waals surface area (Å²) >= 11 is 6.16. The first-order chi connectivity index (χ1) is 18.4. The first-order valence-corrected chi connectivity index (χ1v) is 12.3. The second kappa shape index (κ2) is 10.9. The molecule has 0 aliphatic carbocycles. The molecule has 0 unspecified atom stereocenters. The molecule has 1 N–H and O–H groups in total. The summed E-state index contributed by atoms with van der Waals surface area (Å²) in [5, 5.41) is 3.08. The predicted molar refractivity (Wildman–Crippen MR) is 140 cm³/mol. The zero-order chi connectivity index (χ0) is 26.6. The summed E-state index contributed by atoms with van der Waals surface area (Å²) in [5.41, 5.74) is 2.85. The van der Waals surface area contributed by atoms with Crippen LogP contribution in [0.4, 0.5) is 10.2 Å². The van der Waals surface area contributed by atoms with Gasteiger partial charge < -0.3 is 10.2 Å². The Hall–Kier alpha value is -4.43. The molecule has 2 aromatic carbocycles. The highest BCUT2D eigenvalue weighted by Gasteiger charge is 2.35. The van der Waals surface area contributed by atoms with E-state index in [9.17, 15) is 18.8 Å². The van der Waals surface area contributed by atoms with Gasteiger partial charge in [0.25, 0.3) is 11.8 Å². The van der Waals surface area contributed by atoms with Crippen LogP contribution in [0.25, 0.3) is 0 Å². The molecule has 7 nitrogen and oxygen atoms in total. The van der Waals surface area contributed by atoms with Gasteiger partial charge in [-0.05, 0) is 65.7 Å². The van der Waals surface area contributed by atoms with Gasteiger partial charge in [-0.1, -0.05) is 29.8 Å². The molecule has 5 rings (SSSR count). The number of anilines is 1. The van der Waals surface area contributed by atoms with E-state index in [0.717, 1.165) is 11.8 Å². The van der Waals surface area contributed by atoms with Crippen molar-refractivity contribution in [3.8, 4) is 0 Å². The predicted octanol–water partition coefficient (Wildman–Crippen LogP) is 4.90.